The Hall–Kier alpha value is -2.38. The molecule has 4 bridgehead atoms. The average Bonchev–Trinajstić information content (AvgIpc) is 2.76. The fourth-order valence-electron chi connectivity index (χ4n) is 5.96. The Bertz CT molecular complexity index is 1040. The van der Waals surface area contributed by atoms with Crippen LogP contribution < -0.4 is 5.32 Å². The van der Waals surface area contributed by atoms with Gasteiger partial charge in [0.1, 0.15) is 5.03 Å². The Morgan fingerprint density at radius 3 is 2.83 bits per heavy atom. The lowest BCUT2D eigenvalue weighted by Gasteiger charge is -2.53. The summed E-state index contributed by atoms with van der Waals surface area (Å²) >= 11 is 1.66. The minimum Gasteiger partial charge on any atom is -0.466 e. The smallest absolute Gasteiger partial charge is 0.333 e. The number of rotatable bonds is 3. The molecule has 1 aromatic carbocycles. The number of hydrogen-bond acceptors (Lipinski definition) is 7. The van der Waals surface area contributed by atoms with E-state index in [0.29, 0.717) is 23.7 Å². The largest absolute Gasteiger partial charge is 0.466 e. The number of methoxy groups -OCH3 is 1. The van der Waals surface area contributed by atoms with Crippen LogP contribution in [0.25, 0.3) is 0 Å². The number of nitrogens with zero attached hydrogens (tertiary/aromatic N) is 3. The lowest BCUT2D eigenvalue weighted by atomic mass is 9.58. The van der Waals surface area contributed by atoms with Crippen LogP contribution in [-0.2, 0) is 16.1 Å². The minimum atomic E-state index is -0.116. The van der Waals surface area contributed by atoms with Gasteiger partial charge < -0.3 is 10.1 Å². The van der Waals surface area contributed by atoms with Gasteiger partial charge in [0.15, 0.2) is 5.82 Å². The van der Waals surface area contributed by atoms with Crippen molar-refractivity contribution < 1.29 is 9.53 Å². The number of hydrogen-bond donors (Lipinski definition) is 1. The third-order valence-corrected chi connectivity index (χ3v) is 8.05. The van der Waals surface area contributed by atoms with E-state index in [2.05, 4.69) is 44.5 Å². The highest BCUT2D eigenvalue weighted by Crippen LogP contribution is 2.51. The van der Waals surface area contributed by atoms with Crippen LogP contribution in [0.2, 0.25) is 0 Å². The highest BCUT2D eigenvalue weighted by molar-refractivity contribution is 7.99. The number of allylic oxidation sites excluding steroid dienone is 1. The Morgan fingerprint density at radius 2 is 2.03 bits per heavy atom. The SMILES string of the molecule is COC(=O)C1=CC2CC3CN(Cc4ccc5c(c4)Nc4nccnc4S5)CC(C2)C13. The van der Waals surface area contributed by atoms with Gasteiger partial charge in [-0.3, -0.25) is 4.90 Å². The van der Waals surface area contributed by atoms with E-state index in [1.165, 1.54) is 30.4 Å². The molecule has 3 aliphatic carbocycles. The van der Waals surface area contributed by atoms with E-state index in [-0.39, 0.29) is 5.97 Å². The van der Waals surface area contributed by atoms with Crippen molar-refractivity contribution in [3.05, 3.63) is 47.8 Å². The lowest BCUT2D eigenvalue weighted by Crippen LogP contribution is -2.53. The monoisotopic (exact) mass is 420 g/mol. The molecule has 2 atom stereocenters. The fraction of sp³-hybridized carbons (Fsp3) is 0.435. The van der Waals surface area contributed by atoms with Crippen LogP contribution in [0.3, 0.4) is 0 Å². The first kappa shape index (κ1) is 18.4. The molecule has 30 heavy (non-hydrogen) atoms. The molecule has 2 aliphatic heterocycles. The van der Waals surface area contributed by atoms with Crippen LogP contribution in [0.1, 0.15) is 18.4 Å². The topological polar surface area (TPSA) is 67.3 Å². The number of anilines is 2. The number of aromatic nitrogens is 2. The summed E-state index contributed by atoms with van der Waals surface area (Å²) < 4.78 is 5.07. The second-order valence-corrected chi connectivity index (χ2v) is 9.88. The van der Waals surface area contributed by atoms with Crippen LogP contribution in [0.5, 0.6) is 0 Å². The van der Waals surface area contributed by atoms with Crippen LogP contribution in [0.4, 0.5) is 11.5 Å². The average molecular weight is 421 g/mol. The number of benzene rings is 1. The molecule has 1 saturated carbocycles. The van der Waals surface area contributed by atoms with Crippen molar-refractivity contribution in [1.82, 2.24) is 14.9 Å². The van der Waals surface area contributed by atoms with Crippen molar-refractivity contribution in [1.29, 1.82) is 0 Å². The first-order chi connectivity index (χ1) is 14.7. The Kier molecular flexibility index (Phi) is 4.35. The molecule has 1 aromatic heterocycles. The van der Waals surface area contributed by atoms with Gasteiger partial charge in [0.25, 0.3) is 0 Å². The summed E-state index contributed by atoms with van der Waals surface area (Å²) in [5.74, 6) is 2.78. The number of likely N-dealkylation sites (tertiary alicyclic amines) is 1. The van der Waals surface area contributed by atoms with Gasteiger partial charge in [-0.1, -0.05) is 23.9 Å². The zero-order valence-corrected chi connectivity index (χ0v) is 17.7. The van der Waals surface area contributed by atoms with E-state index in [0.717, 1.165) is 41.7 Å². The molecular weight excluding hydrogens is 396 g/mol. The molecule has 6 nitrogen and oxygen atoms in total. The van der Waals surface area contributed by atoms with Gasteiger partial charge in [0.05, 0.1) is 12.8 Å². The Balaban J connectivity index is 1.18. The first-order valence-electron chi connectivity index (χ1n) is 10.6. The molecule has 2 aromatic rings. The molecule has 7 rings (SSSR count). The van der Waals surface area contributed by atoms with Gasteiger partial charge in [-0.2, -0.15) is 0 Å². The molecule has 0 spiro atoms. The Labute approximate surface area is 180 Å². The highest BCUT2D eigenvalue weighted by atomic mass is 32.2. The van der Waals surface area contributed by atoms with E-state index in [9.17, 15) is 4.79 Å². The predicted molar refractivity (Wildman–Crippen MR) is 114 cm³/mol. The molecule has 3 heterocycles. The van der Waals surface area contributed by atoms with Crippen molar-refractivity contribution in [2.75, 3.05) is 25.5 Å². The number of ether oxygens (including phenoxy) is 1. The summed E-state index contributed by atoms with van der Waals surface area (Å²) in [6, 6.07) is 6.66. The summed E-state index contributed by atoms with van der Waals surface area (Å²) in [6.45, 7) is 3.05. The van der Waals surface area contributed by atoms with Crippen LogP contribution in [0, 0.1) is 23.7 Å². The third-order valence-electron chi connectivity index (χ3n) is 6.98. The zero-order chi connectivity index (χ0) is 20.2. The summed E-state index contributed by atoms with van der Waals surface area (Å²) in [4.78, 5) is 24.8. The number of carbonyl (C=O) groups excluding carboxylic acids is 1. The first-order valence-corrected chi connectivity index (χ1v) is 11.4. The van der Waals surface area contributed by atoms with Crippen LogP contribution in [-0.4, -0.2) is 41.0 Å². The molecule has 2 fully saturated rings. The van der Waals surface area contributed by atoms with Crippen molar-refractivity contribution in [3.8, 4) is 0 Å². The number of piperidine rings is 1. The second kappa shape index (κ2) is 7.10. The third kappa shape index (κ3) is 3.03. The molecule has 1 N–H and O–H groups in total. The molecule has 0 radical (unpaired) electrons. The van der Waals surface area contributed by atoms with E-state index >= 15 is 0 Å². The number of carbonyl (C=O) groups is 1. The van der Waals surface area contributed by atoms with Gasteiger partial charge in [0.2, 0.25) is 0 Å². The maximum atomic E-state index is 12.3. The molecule has 2 unspecified atom stereocenters. The quantitative estimate of drug-likeness (QED) is 0.645. The maximum absolute atomic E-state index is 12.3. The second-order valence-electron chi connectivity index (χ2n) is 8.85. The molecule has 5 aliphatic rings. The van der Waals surface area contributed by atoms with Gasteiger partial charge in [-0.05, 0) is 54.2 Å². The molecule has 7 heteroatoms. The van der Waals surface area contributed by atoms with Gasteiger partial charge in [0, 0.05) is 42.5 Å². The summed E-state index contributed by atoms with van der Waals surface area (Å²) in [7, 11) is 1.50. The highest BCUT2D eigenvalue weighted by Gasteiger charge is 2.49. The van der Waals surface area contributed by atoms with Crippen molar-refractivity contribution in [2.45, 2.75) is 29.3 Å². The zero-order valence-electron chi connectivity index (χ0n) is 16.9. The standard InChI is InChI=1S/C23H24N4O2S/c1-29-23(28)17-8-14-6-15-11-27(12-16(7-14)20(15)17)10-13-2-3-19-18(9-13)26-21-22(30-19)25-5-4-24-21/h2-5,8-9,14-16,20H,6-7,10-12H2,1H3,(H,24,26). The fourth-order valence-corrected chi connectivity index (χ4v) is 6.84. The molecular formula is C23H24N4O2S. The summed E-state index contributed by atoms with van der Waals surface area (Å²) in [6.07, 6.45) is 8.06. The van der Waals surface area contributed by atoms with E-state index in [1.807, 2.05) is 0 Å². The lowest BCUT2D eigenvalue weighted by molar-refractivity contribution is -0.138. The number of esters is 1. The molecule has 0 amide bonds. The van der Waals surface area contributed by atoms with Crippen molar-refractivity contribution in [2.24, 2.45) is 23.7 Å². The normalized spacial score (nSPS) is 28.8. The van der Waals surface area contributed by atoms with Crippen LogP contribution >= 0.6 is 11.8 Å². The van der Waals surface area contributed by atoms with Crippen molar-refractivity contribution in [3.63, 3.8) is 0 Å². The van der Waals surface area contributed by atoms with E-state index in [1.54, 1.807) is 24.2 Å². The van der Waals surface area contributed by atoms with E-state index < -0.39 is 0 Å². The number of nitrogens with one attached hydrogen (secondary N) is 1. The van der Waals surface area contributed by atoms with Gasteiger partial charge in [-0.25, -0.2) is 14.8 Å². The van der Waals surface area contributed by atoms with Crippen LogP contribution in [0.15, 0.2) is 52.2 Å². The van der Waals surface area contributed by atoms with Gasteiger partial charge >= 0.3 is 5.97 Å². The minimum absolute atomic E-state index is 0.116. The van der Waals surface area contributed by atoms with E-state index in [4.69, 9.17) is 4.74 Å². The van der Waals surface area contributed by atoms with Crippen molar-refractivity contribution >= 4 is 29.2 Å². The molecule has 1 saturated heterocycles. The summed E-state index contributed by atoms with van der Waals surface area (Å²) in [5, 5.41) is 4.36. The molecule has 154 valence electrons. The van der Waals surface area contributed by atoms with Gasteiger partial charge in [-0.15, -0.1) is 0 Å². The number of fused-ring (bicyclic) bond motifs is 2. The predicted octanol–water partition coefficient (Wildman–Crippen LogP) is 3.87. The maximum Gasteiger partial charge on any atom is 0.333 e. The summed E-state index contributed by atoms with van der Waals surface area (Å²) in [5.41, 5.74) is 3.37. The Morgan fingerprint density at radius 1 is 1.23 bits per heavy atom.